The van der Waals surface area contributed by atoms with Crippen LogP contribution in [0.4, 0.5) is 17.3 Å². The van der Waals surface area contributed by atoms with Gasteiger partial charge in [0.2, 0.25) is 9.48 Å². The average Bonchev–Trinajstić information content (AvgIpc) is 2.35. The van der Waals surface area contributed by atoms with Crippen molar-refractivity contribution in [3.63, 3.8) is 0 Å². The predicted octanol–water partition coefficient (Wildman–Crippen LogP) is 2.97. The summed E-state index contributed by atoms with van der Waals surface area (Å²) in [6, 6.07) is 6.30. The van der Waals surface area contributed by atoms with Gasteiger partial charge in [0, 0.05) is 29.3 Å². The molecule has 4 N–H and O–H groups in total. The number of nitrogen functional groups attached to an aromatic ring is 2. The van der Waals surface area contributed by atoms with Crippen LogP contribution in [0.15, 0.2) is 24.3 Å². The summed E-state index contributed by atoms with van der Waals surface area (Å²) < 4.78 is -0.646. The molecule has 0 spiro atoms. The Balaban J connectivity index is 2.70. The molecule has 0 atom stereocenters. The van der Waals surface area contributed by atoms with Gasteiger partial charge in [0.15, 0.2) is 5.82 Å². The van der Waals surface area contributed by atoms with Crippen molar-refractivity contribution in [2.75, 3.05) is 11.5 Å². The molecular weight excluding hydrogens is 373 g/mol. The van der Waals surface area contributed by atoms with Gasteiger partial charge >= 0.3 is 0 Å². The molecule has 10 heteroatoms. The van der Waals surface area contributed by atoms with Gasteiger partial charge in [-0.05, 0) is 6.07 Å². The number of hydrogen-bond donors (Lipinski definition) is 2. The van der Waals surface area contributed by atoms with E-state index in [1.807, 2.05) is 0 Å². The monoisotopic (exact) mass is 379 g/mol. The molecular formula is C11H8Cl3N5S2. The maximum atomic E-state index is 6.00. The molecule has 0 bridgehead atoms. The maximum absolute atomic E-state index is 6.00. The Kier molecular flexibility index (Phi) is 4.69. The summed E-state index contributed by atoms with van der Waals surface area (Å²) in [7, 11) is 0. The van der Waals surface area contributed by atoms with Crippen LogP contribution in [0.2, 0.25) is 0 Å². The molecule has 0 aliphatic carbocycles. The summed E-state index contributed by atoms with van der Waals surface area (Å²) in [5.41, 5.74) is 12.6. The quantitative estimate of drug-likeness (QED) is 0.473. The van der Waals surface area contributed by atoms with E-state index >= 15 is 0 Å². The van der Waals surface area contributed by atoms with E-state index in [2.05, 4.69) is 9.97 Å². The molecule has 0 radical (unpaired) electrons. The third-order valence-electron chi connectivity index (χ3n) is 2.53. The first kappa shape index (κ1) is 16.4. The molecule has 21 heavy (non-hydrogen) atoms. The molecule has 110 valence electrons. The van der Waals surface area contributed by atoms with Crippen molar-refractivity contribution in [3.05, 3.63) is 29.8 Å². The molecule has 0 unspecified atom stereocenters. The lowest BCUT2D eigenvalue weighted by Crippen LogP contribution is -2.07. The van der Waals surface area contributed by atoms with Crippen molar-refractivity contribution >= 4 is 77.4 Å². The van der Waals surface area contributed by atoms with Crippen LogP contribution < -0.4 is 11.5 Å². The van der Waals surface area contributed by atoms with E-state index in [9.17, 15) is 0 Å². The normalized spacial score (nSPS) is 11.4. The van der Waals surface area contributed by atoms with Gasteiger partial charge in [0.1, 0.15) is 11.6 Å². The molecule has 2 aromatic rings. The average molecular weight is 381 g/mol. The SMILES string of the molecule is Nc1cc(N)nc(-c2ccc([N+](=S)[S-])cc2C(Cl)(Cl)Cl)n1. The van der Waals surface area contributed by atoms with Crippen molar-refractivity contribution < 1.29 is 3.35 Å². The molecule has 1 aromatic heterocycles. The summed E-state index contributed by atoms with van der Waals surface area (Å²) in [6.45, 7) is 0. The number of anilines is 2. The molecule has 2 rings (SSSR count). The molecule has 0 aliphatic heterocycles. The van der Waals surface area contributed by atoms with Crippen molar-refractivity contribution in [2.45, 2.75) is 3.79 Å². The second-order valence-electron chi connectivity index (χ2n) is 4.03. The van der Waals surface area contributed by atoms with E-state index in [0.717, 1.165) is 3.35 Å². The highest BCUT2D eigenvalue weighted by molar-refractivity contribution is 7.58. The van der Waals surface area contributed by atoms with Gasteiger partial charge in [-0.25, -0.2) is 13.3 Å². The van der Waals surface area contributed by atoms with Gasteiger partial charge in [-0.3, -0.25) is 0 Å². The van der Waals surface area contributed by atoms with Gasteiger partial charge < -0.3 is 11.5 Å². The Morgan fingerprint density at radius 1 is 1.10 bits per heavy atom. The lowest BCUT2D eigenvalue weighted by Gasteiger charge is -2.16. The highest BCUT2D eigenvalue weighted by Gasteiger charge is 2.29. The minimum atomic E-state index is -1.71. The molecule has 0 fully saturated rings. The fourth-order valence-corrected chi connectivity index (χ4v) is 2.38. The lowest BCUT2D eigenvalue weighted by atomic mass is 10.1. The van der Waals surface area contributed by atoms with E-state index in [-0.39, 0.29) is 17.5 Å². The smallest absolute Gasteiger partial charge is 0.216 e. The number of rotatable bonds is 2. The van der Waals surface area contributed by atoms with Crippen LogP contribution in [0.3, 0.4) is 0 Å². The Morgan fingerprint density at radius 3 is 2.14 bits per heavy atom. The third-order valence-corrected chi connectivity index (χ3v) is 3.56. The molecule has 5 nitrogen and oxygen atoms in total. The maximum Gasteiger partial charge on any atom is 0.216 e. The zero-order chi connectivity index (χ0) is 15.8. The van der Waals surface area contributed by atoms with Gasteiger partial charge in [0.05, 0.1) is 0 Å². The van der Waals surface area contributed by atoms with E-state index in [1.54, 1.807) is 18.2 Å². The van der Waals surface area contributed by atoms with Crippen molar-refractivity contribution in [2.24, 2.45) is 0 Å². The second kappa shape index (κ2) is 6.02. The zero-order valence-corrected chi connectivity index (χ0v) is 14.2. The van der Waals surface area contributed by atoms with Crippen molar-refractivity contribution in [1.82, 2.24) is 9.97 Å². The Bertz CT molecular complexity index is 697. The number of alkyl halides is 3. The van der Waals surface area contributed by atoms with Gasteiger partial charge in [-0.1, -0.05) is 60.0 Å². The number of nitrogens with zero attached hydrogens (tertiary/aromatic N) is 3. The summed E-state index contributed by atoms with van der Waals surface area (Å²) in [5.74, 6) is 0.677. The van der Waals surface area contributed by atoms with Crippen molar-refractivity contribution in [3.8, 4) is 11.4 Å². The number of nitrogens with two attached hydrogens (primary N) is 2. The summed E-state index contributed by atoms with van der Waals surface area (Å²) in [4.78, 5) is 8.20. The fourth-order valence-electron chi connectivity index (χ4n) is 1.68. The van der Waals surface area contributed by atoms with E-state index in [4.69, 9.17) is 71.5 Å². The van der Waals surface area contributed by atoms with Crippen molar-refractivity contribution in [1.29, 1.82) is 0 Å². The van der Waals surface area contributed by atoms with Crippen LogP contribution in [-0.2, 0) is 29.0 Å². The Morgan fingerprint density at radius 2 is 1.67 bits per heavy atom. The Hall–Kier alpha value is -0.990. The fraction of sp³-hybridized carbons (Fsp3) is 0.0909. The van der Waals surface area contributed by atoms with Gasteiger partial charge in [-0.15, -0.1) is 0 Å². The second-order valence-corrected chi connectivity index (χ2v) is 7.27. The first-order valence-corrected chi connectivity index (χ1v) is 7.31. The van der Waals surface area contributed by atoms with E-state index in [1.165, 1.54) is 6.07 Å². The summed E-state index contributed by atoms with van der Waals surface area (Å²) >= 11 is 27.7. The first-order valence-electron chi connectivity index (χ1n) is 5.44. The highest BCUT2D eigenvalue weighted by Crippen LogP contribution is 2.44. The standard InChI is InChI=1S/C11H8Cl3N5S2/c12-11(13,14)7-3-5(19(20)21)1-2-6(7)10-17-8(15)4-9(16)18-10/h1-4H,(H4,15,16,17,18). The summed E-state index contributed by atoms with van der Waals surface area (Å²) in [5, 5.41) is 0. The molecule has 1 aromatic carbocycles. The zero-order valence-electron chi connectivity index (χ0n) is 10.3. The van der Waals surface area contributed by atoms with E-state index in [0.29, 0.717) is 16.8 Å². The van der Waals surface area contributed by atoms with Crippen LogP contribution >= 0.6 is 34.8 Å². The molecule has 0 saturated heterocycles. The molecule has 0 amide bonds. The molecule has 0 aliphatic rings. The number of hydrogen-bond acceptors (Lipinski definition) is 6. The first-order chi connectivity index (χ1) is 9.68. The van der Waals surface area contributed by atoms with Crippen LogP contribution in [-0.4, -0.2) is 13.3 Å². The minimum Gasteiger partial charge on any atom is -0.384 e. The van der Waals surface area contributed by atoms with Gasteiger partial charge in [-0.2, -0.15) is 0 Å². The largest absolute Gasteiger partial charge is 0.384 e. The van der Waals surface area contributed by atoms with Gasteiger partial charge in [0.25, 0.3) is 0 Å². The molecule has 1 heterocycles. The number of aromatic nitrogens is 2. The topological polar surface area (TPSA) is 80.8 Å². The molecule has 0 saturated carbocycles. The number of benzene rings is 1. The van der Waals surface area contributed by atoms with Crippen LogP contribution in [0.5, 0.6) is 0 Å². The highest BCUT2D eigenvalue weighted by atomic mass is 35.6. The van der Waals surface area contributed by atoms with Crippen LogP contribution in [0, 0.1) is 0 Å². The van der Waals surface area contributed by atoms with Crippen LogP contribution in [0.1, 0.15) is 5.56 Å². The van der Waals surface area contributed by atoms with Crippen LogP contribution in [0.25, 0.3) is 11.4 Å². The Labute approximate surface area is 146 Å². The minimum absolute atomic E-state index is 0.213. The predicted molar refractivity (Wildman–Crippen MR) is 90.2 cm³/mol. The van der Waals surface area contributed by atoms with E-state index < -0.39 is 3.79 Å². The lowest BCUT2D eigenvalue weighted by molar-refractivity contribution is -0.197. The summed E-state index contributed by atoms with van der Waals surface area (Å²) in [6.07, 6.45) is 0. The number of halogens is 3. The third kappa shape index (κ3) is 3.81.